The van der Waals surface area contributed by atoms with Crippen molar-refractivity contribution in [2.45, 2.75) is 51.3 Å². The van der Waals surface area contributed by atoms with Gasteiger partial charge in [0.05, 0.1) is 10.8 Å². The quantitative estimate of drug-likeness (QED) is 0.316. The van der Waals surface area contributed by atoms with E-state index in [2.05, 4.69) is 58.0 Å². The molecule has 27 heavy (non-hydrogen) atoms. The Labute approximate surface area is 179 Å². The summed E-state index contributed by atoms with van der Waals surface area (Å²) in [6, 6.07) is 16.7. The van der Waals surface area contributed by atoms with Gasteiger partial charge in [0.25, 0.3) is 0 Å². The first-order valence-corrected chi connectivity index (χ1v) is 11.3. The molecule has 2 aromatic carbocycles. The molecule has 0 aliphatic heterocycles. The Kier molecular flexibility index (Phi) is 9.20. The van der Waals surface area contributed by atoms with Crippen LogP contribution in [0.2, 0.25) is 0 Å². The zero-order valence-corrected chi connectivity index (χ0v) is 19.2. The molecule has 0 amide bonds. The fourth-order valence-electron chi connectivity index (χ4n) is 2.57. The number of thiol groups is 2. The summed E-state index contributed by atoms with van der Waals surface area (Å²) >= 11 is 11.2. The molecule has 0 saturated heterocycles. The number of rotatable bonds is 9. The molecule has 4 heteroatoms. The molecule has 0 aliphatic rings. The molecule has 1 atom stereocenters. The second-order valence-corrected chi connectivity index (χ2v) is 9.45. The fraction of sp³-hybridized carbons (Fsp3) is 0.391. The molecule has 0 spiro atoms. The molecule has 2 rings (SSSR count). The summed E-state index contributed by atoms with van der Waals surface area (Å²) < 4.78 is 6.99. The largest absolute Gasteiger partial charge is 0.493 e. The van der Waals surface area contributed by atoms with E-state index in [9.17, 15) is 0 Å². The highest BCUT2D eigenvalue weighted by Crippen LogP contribution is 2.41. The van der Waals surface area contributed by atoms with Crippen LogP contribution in [0.4, 0.5) is 0 Å². The molecule has 2 aromatic rings. The third kappa shape index (κ3) is 6.85. The molecule has 0 heterocycles. The molecular formula is C23H30OS3. The van der Waals surface area contributed by atoms with Gasteiger partial charge in [-0.3, -0.25) is 0 Å². The van der Waals surface area contributed by atoms with Crippen LogP contribution in [-0.4, -0.2) is 6.61 Å². The molecule has 0 aliphatic carbocycles. The molecule has 0 fully saturated rings. The number of ether oxygens (including phenoxy) is 1. The lowest BCUT2D eigenvalue weighted by atomic mass is 9.96. The van der Waals surface area contributed by atoms with Crippen molar-refractivity contribution in [1.29, 1.82) is 0 Å². The Morgan fingerprint density at radius 3 is 2.37 bits per heavy atom. The van der Waals surface area contributed by atoms with E-state index in [0.29, 0.717) is 18.4 Å². The van der Waals surface area contributed by atoms with Crippen molar-refractivity contribution in [3.05, 3.63) is 63.9 Å². The van der Waals surface area contributed by atoms with E-state index in [1.54, 1.807) is 11.8 Å². The summed E-state index contributed by atoms with van der Waals surface area (Å²) in [7, 11) is 0. The van der Waals surface area contributed by atoms with E-state index in [0.717, 1.165) is 38.2 Å². The van der Waals surface area contributed by atoms with Crippen molar-refractivity contribution in [2.75, 3.05) is 6.61 Å². The molecule has 1 unspecified atom stereocenters. The lowest BCUT2D eigenvalue weighted by Crippen LogP contribution is -2.04. The molecule has 146 valence electrons. The molecule has 0 radical (unpaired) electrons. The van der Waals surface area contributed by atoms with Crippen LogP contribution in [0.5, 0.6) is 5.75 Å². The third-order valence-electron chi connectivity index (χ3n) is 4.55. The highest BCUT2D eigenvalue weighted by Gasteiger charge is 2.14. The summed E-state index contributed by atoms with van der Waals surface area (Å²) in [5.74, 6) is 2.00. The number of hydrogen-bond acceptors (Lipinski definition) is 4. The van der Waals surface area contributed by atoms with E-state index in [1.807, 2.05) is 18.2 Å². The summed E-state index contributed by atoms with van der Waals surface area (Å²) in [5, 5.41) is 0. The minimum absolute atomic E-state index is 0.500. The number of benzene rings is 2. The maximum atomic E-state index is 6.11. The monoisotopic (exact) mass is 418 g/mol. The summed E-state index contributed by atoms with van der Waals surface area (Å²) in [4.78, 5) is 2.01. The van der Waals surface area contributed by atoms with Crippen LogP contribution in [0, 0.1) is 5.92 Å². The van der Waals surface area contributed by atoms with Crippen LogP contribution in [0.25, 0.3) is 4.91 Å². The van der Waals surface area contributed by atoms with Crippen LogP contribution in [0.15, 0.2) is 57.7 Å². The Balaban J connectivity index is 2.35. The fourth-order valence-corrected chi connectivity index (χ4v) is 4.04. The first-order valence-electron chi connectivity index (χ1n) is 9.54. The van der Waals surface area contributed by atoms with Gasteiger partial charge in [-0.05, 0) is 54.5 Å². The van der Waals surface area contributed by atoms with Crippen molar-refractivity contribution in [3.63, 3.8) is 0 Å². The Hall–Kier alpha value is -0.970. The van der Waals surface area contributed by atoms with Crippen LogP contribution in [0.1, 0.15) is 57.6 Å². The van der Waals surface area contributed by atoms with E-state index in [-0.39, 0.29) is 0 Å². The highest BCUT2D eigenvalue weighted by molar-refractivity contribution is 8.17. The van der Waals surface area contributed by atoms with Gasteiger partial charge in [-0.1, -0.05) is 63.7 Å². The third-order valence-corrected chi connectivity index (χ3v) is 6.75. The normalized spacial score (nSPS) is 13.4. The van der Waals surface area contributed by atoms with Crippen molar-refractivity contribution < 1.29 is 4.74 Å². The molecule has 0 saturated carbocycles. The van der Waals surface area contributed by atoms with E-state index < -0.39 is 0 Å². The van der Waals surface area contributed by atoms with Gasteiger partial charge in [0.15, 0.2) is 0 Å². The van der Waals surface area contributed by atoms with Gasteiger partial charge in [0.2, 0.25) is 0 Å². The molecule has 0 N–H and O–H groups in total. The molecule has 1 nitrogen and oxygen atoms in total. The summed E-state index contributed by atoms with van der Waals surface area (Å²) in [6.07, 6.45) is 2.13. The van der Waals surface area contributed by atoms with Crippen LogP contribution in [-0.2, 0) is 0 Å². The highest BCUT2D eigenvalue weighted by atomic mass is 32.2. The van der Waals surface area contributed by atoms with Crippen molar-refractivity contribution >= 4 is 41.9 Å². The smallest absolute Gasteiger partial charge is 0.127 e. The van der Waals surface area contributed by atoms with Crippen molar-refractivity contribution in [3.8, 4) is 5.75 Å². The Bertz CT molecular complexity index is 753. The maximum absolute atomic E-state index is 6.11. The zero-order chi connectivity index (χ0) is 19.8. The second-order valence-electron chi connectivity index (χ2n) is 7.16. The zero-order valence-electron chi connectivity index (χ0n) is 16.6. The number of thioether (sulfide) groups is 1. The van der Waals surface area contributed by atoms with Crippen molar-refractivity contribution in [1.82, 2.24) is 0 Å². The molecule has 0 aromatic heterocycles. The average Bonchev–Trinajstić information content (AvgIpc) is 2.67. The molecular weight excluding hydrogens is 388 g/mol. The standard InChI is InChI=1S/C23H30OS3/c1-5-17(4)18-11-12-21(24-14-13-16(2)3)20(15-18)22(25)23(26)27-19-9-7-6-8-10-19/h6-12,15-17,25-26H,5,13-14H2,1-4H3/b23-22+. The van der Waals surface area contributed by atoms with Gasteiger partial charge < -0.3 is 4.74 Å². The van der Waals surface area contributed by atoms with Gasteiger partial charge in [-0.15, -0.1) is 25.3 Å². The van der Waals surface area contributed by atoms with Gasteiger partial charge in [-0.2, -0.15) is 0 Å². The maximum Gasteiger partial charge on any atom is 0.127 e. The van der Waals surface area contributed by atoms with Crippen LogP contribution < -0.4 is 4.74 Å². The van der Waals surface area contributed by atoms with Gasteiger partial charge in [-0.25, -0.2) is 0 Å². The minimum atomic E-state index is 0.500. The first-order chi connectivity index (χ1) is 12.9. The van der Waals surface area contributed by atoms with Gasteiger partial charge >= 0.3 is 0 Å². The summed E-state index contributed by atoms with van der Waals surface area (Å²) in [5.41, 5.74) is 2.33. The molecule has 0 bridgehead atoms. The lowest BCUT2D eigenvalue weighted by Gasteiger charge is -2.17. The second kappa shape index (κ2) is 11.1. The predicted molar refractivity (Wildman–Crippen MR) is 127 cm³/mol. The number of hydrogen-bond donors (Lipinski definition) is 2. The van der Waals surface area contributed by atoms with E-state index in [1.165, 1.54) is 5.56 Å². The Morgan fingerprint density at radius 1 is 1.04 bits per heavy atom. The van der Waals surface area contributed by atoms with Crippen molar-refractivity contribution in [2.24, 2.45) is 5.92 Å². The first kappa shape index (κ1) is 22.3. The van der Waals surface area contributed by atoms with Gasteiger partial charge in [0, 0.05) is 15.4 Å². The minimum Gasteiger partial charge on any atom is -0.493 e. The topological polar surface area (TPSA) is 9.23 Å². The van der Waals surface area contributed by atoms with E-state index >= 15 is 0 Å². The lowest BCUT2D eigenvalue weighted by molar-refractivity contribution is 0.289. The van der Waals surface area contributed by atoms with E-state index in [4.69, 9.17) is 30.0 Å². The average molecular weight is 419 g/mol. The Morgan fingerprint density at radius 2 is 1.74 bits per heavy atom. The van der Waals surface area contributed by atoms with Gasteiger partial charge in [0.1, 0.15) is 5.75 Å². The van der Waals surface area contributed by atoms with Crippen LogP contribution in [0.3, 0.4) is 0 Å². The summed E-state index contributed by atoms with van der Waals surface area (Å²) in [6.45, 7) is 9.60. The SMILES string of the molecule is CCC(C)c1ccc(OCCC(C)C)c(/C(S)=C(/S)Sc2ccccc2)c1. The predicted octanol–water partition coefficient (Wildman–Crippen LogP) is 7.90. The van der Waals surface area contributed by atoms with Crippen LogP contribution >= 0.6 is 37.0 Å².